The number of imidazole rings is 1. The fourth-order valence-corrected chi connectivity index (χ4v) is 24.1. The van der Waals surface area contributed by atoms with Gasteiger partial charge in [-0.05, 0) is 114 Å². The second-order valence-corrected chi connectivity index (χ2v) is 39.4. The molecule has 28 nitrogen and oxygen atoms in total. The van der Waals surface area contributed by atoms with Crippen molar-refractivity contribution in [3.8, 4) is 109 Å². The lowest BCUT2D eigenvalue weighted by Crippen LogP contribution is -2.41. The Hall–Kier alpha value is -9.86. The number of hydrogen-bond donors (Lipinski definition) is 5. The second kappa shape index (κ2) is 44.5. The molecular weight excluding hydrogens is 2080 g/mol. The molecule has 46 heteroatoms. The maximum atomic E-state index is 13.1. The number of H-pyrrole nitrogens is 5. The third-order valence-electron chi connectivity index (χ3n) is 21.5. The summed E-state index contributed by atoms with van der Waals surface area (Å²) in [6, 6.07) is 26.5. The third kappa shape index (κ3) is 21.9. The number of ether oxygens (including phenoxy) is 5. The van der Waals surface area contributed by atoms with E-state index < -0.39 is 11.9 Å². The van der Waals surface area contributed by atoms with E-state index in [9.17, 15) is 13.2 Å². The zero-order chi connectivity index (χ0) is 93.8. The van der Waals surface area contributed by atoms with Gasteiger partial charge in [0.25, 0.3) is 0 Å². The van der Waals surface area contributed by atoms with E-state index in [1.165, 1.54) is 65.4 Å². The number of thiophene rings is 4. The Morgan fingerprint density at radius 2 is 0.791 bits per heavy atom. The van der Waals surface area contributed by atoms with Crippen LogP contribution in [0, 0.1) is 26.3 Å². The van der Waals surface area contributed by atoms with Crippen molar-refractivity contribution in [2.75, 3.05) is 131 Å². The van der Waals surface area contributed by atoms with Crippen LogP contribution in [0.5, 0.6) is 0 Å². The highest BCUT2D eigenvalue weighted by molar-refractivity contribution is 9.10. The van der Waals surface area contributed by atoms with Crippen LogP contribution in [0.25, 0.3) is 129 Å². The number of thiazole rings is 1. The maximum absolute atomic E-state index is 13.1. The van der Waals surface area contributed by atoms with Gasteiger partial charge in [0.05, 0.1) is 130 Å². The van der Waals surface area contributed by atoms with E-state index in [2.05, 4.69) is 128 Å². The van der Waals surface area contributed by atoms with Crippen molar-refractivity contribution in [1.29, 1.82) is 0 Å². The summed E-state index contributed by atoms with van der Waals surface area (Å²) >= 11 is 67.3. The van der Waals surface area contributed by atoms with Gasteiger partial charge in [0.15, 0.2) is 28.4 Å². The highest BCUT2D eigenvalue weighted by Crippen LogP contribution is 2.59. The number of morpholine rings is 4. The molecule has 0 unspecified atom stereocenters. The molecule has 5 saturated heterocycles. The zero-order valence-electron chi connectivity index (χ0n) is 69.9. The van der Waals surface area contributed by atoms with Gasteiger partial charge in [0, 0.05) is 143 Å². The molecule has 688 valence electrons. The Bertz CT molecular complexity index is 6670. The highest BCUT2D eigenvalue weighted by atomic mass is 79.9. The molecule has 5 fully saturated rings. The third-order valence-corrected chi connectivity index (χ3v) is 30.7. The number of nitrogens with one attached hydrogen (secondary N) is 5. The molecule has 20 rings (SSSR count). The molecule has 0 amide bonds. The summed E-state index contributed by atoms with van der Waals surface area (Å²) in [6.45, 7) is 45.0. The Labute approximate surface area is 838 Å². The summed E-state index contributed by atoms with van der Waals surface area (Å²) in [6.07, 6.45) is 4.97. The minimum absolute atomic E-state index is 0.0257. The average Bonchev–Trinajstić information content (AvgIpc) is 1.60. The number of benzene rings is 5. The van der Waals surface area contributed by atoms with Gasteiger partial charge in [-0.1, -0.05) is 163 Å². The van der Waals surface area contributed by atoms with E-state index in [0.29, 0.717) is 191 Å². The molecular formula is C88H70BrCl9F3N23O5S5. The lowest BCUT2D eigenvalue weighted by atomic mass is 9.94. The summed E-state index contributed by atoms with van der Waals surface area (Å²) in [5.41, 5.74) is 8.37. The summed E-state index contributed by atoms with van der Waals surface area (Å²) in [7, 11) is 0. The first-order chi connectivity index (χ1) is 65.0. The molecule has 15 heterocycles. The fourth-order valence-electron chi connectivity index (χ4n) is 15.2. The number of aromatic amines is 5. The molecule has 0 radical (unpaired) electrons. The second-order valence-electron chi connectivity index (χ2n) is 29.7. The van der Waals surface area contributed by atoms with Crippen LogP contribution < -0.4 is 19.6 Å². The largest absolute Gasteiger partial charge is 0.432 e. The minimum atomic E-state index is -4.56. The first kappa shape index (κ1) is 97.2. The molecule has 134 heavy (non-hydrogen) atoms. The van der Waals surface area contributed by atoms with Gasteiger partial charge in [-0.2, -0.15) is 33.6 Å². The highest BCUT2D eigenvalue weighted by Gasteiger charge is 2.38. The molecule has 5 aliphatic rings. The van der Waals surface area contributed by atoms with Crippen molar-refractivity contribution in [3.05, 3.63) is 228 Å². The maximum Gasteiger partial charge on any atom is 0.432 e. The molecule has 0 aliphatic carbocycles. The standard InChI is InChI=1S/C19H13Cl2F3N4OS.C19H17Cl2N5OS.C18H14Cl2N4OS.C17H13BrClN5OS.C15H13Cl2N5OS/c1-25-15-14(11-3-2-10(20)8-12(11)21)16(17-26-9-13(27-17)19(22,23)24)30-18(15)28-4-6-29-7-5-28;1-3-12-9-26(6-7-27-12)19-16(22-2)15(13-5-4-11(20)8-14(13)21)17(28-19)18-23-10-24-25-18;1-21-15-14(12-3-2-11(19)8-13(12)20)17(18-22-9-23-24-18)26-16(15)10-4-6-25-7-5-10;1-20-14-13(11-3-2-10(18)8-12(11)19)15(16-21-9-22-23-16)26-17(14)24-4-6-25-7-5-24;16-9-1-2-10(11(17)7-9)12-13(14-18-8-19-21-14)24-15(20-12)22-3-5-23-6-4-22/h2-3,8-9H,4-7H2,(H,26,27);4-5,8,10,12H,3,6-7,9H2,1H3,(H,23,24,25);2-3,8-10H,4-7H2,(H,22,23,24);2-3,8-9H,4-7H2,(H,21,22,23);1-2,7-8H,3-6H2,(H,18,19,21)/t;12-;;;/m.0.../s1. The van der Waals surface area contributed by atoms with Crippen molar-refractivity contribution in [2.24, 2.45) is 0 Å². The van der Waals surface area contributed by atoms with Crippen molar-refractivity contribution >= 4 is 220 Å². The van der Waals surface area contributed by atoms with Gasteiger partial charge in [-0.3, -0.25) is 20.4 Å². The summed E-state index contributed by atoms with van der Waals surface area (Å²) in [5, 5.41) is 35.5. The molecule has 5 aliphatic heterocycles. The molecule has 10 aromatic heterocycles. The molecule has 5 N–H and O–H groups in total. The lowest BCUT2D eigenvalue weighted by molar-refractivity contribution is -0.140. The van der Waals surface area contributed by atoms with Crippen LogP contribution in [0.4, 0.5) is 56.1 Å². The zero-order valence-corrected chi connectivity index (χ0v) is 82.4. The van der Waals surface area contributed by atoms with Crippen molar-refractivity contribution in [1.82, 2.24) is 75.7 Å². The van der Waals surface area contributed by atoms with Gasteiger partial charge in [0.1, 0.15) is 41.7 Å². The van der Waals surface area contributed by atoms with Crippen LogP contribution in [0.3, 0.4) is 0 Å². The van der Waals surface area contributed by atoms with Gasteiger partial charge in [-0.15, -0.1) is 45.3 Å². The number of anilines is 4. The van der Waals surface area contributed by atoms with E-state index >= 15 is 0 Å². The molecule has 1 atom stereocenters. The van der Waals surface area contributed by atoms with Gasteiger partial charge in [-0.25, -0.2) is 49.3 Å². The monoisotopic (exact) mass is 2140 g/mol. The van der Waals surface area contributed by atoms with E-state index in [1.54, 1.807) is 71.2 Å². The Morgan fingerprint density at radius 3 is 1.18 bits per heavy atom. The number of halogens is 13. The smallest absolute Gasteiger partial charge is 0.381 e. The van der Waals surface area contributed by atoms with Crippen LogP contribution in [-0.4, -0.2) is 194 Å². The quantitative estimate of drug-likeness (QED) is 0.0562. The molecule has 0 bridgehead atoms. The Morgan fingerprint density at radius 1 is 0.425 bits per heavy atom. The average molecular weight is 2150 g/mol. The topological polar surface area (TPSA) is 284 Å². The van der Waals surface area contributed by atoms with Gasteiger partial charge >= 0.3 is 6.18 Å². The van der Waals surface area contributed by atoms with Crippen LogP contribution >= 0.6 is 177 Å². The van der Waals surface area contributed by atoms with E-state index in [0.717, 1.165) is 153 Å². The van der Waals surface area contributed by atoms with Crippen LogP contribution in [-0.2, 0) is 29.9 Å². The first-order valence-electron chi connectivity index (χ1n) is 40.9. The van der Waals surface area contributed by atoms with Crippen LogP contribution in [0.1, 0.15) is 42.7 Å². The minimum Gasteiger partial charge on any atom is -0.381 e. The van der Waals surface area contributed by atoms with Crippen molar-refractivity contribution in [2.45, 2.75) is 44.4 Å². The molecule has 5 aromatic carbocycles. The molecule has 0 spiro atoms. The first-order valence-corrected chi connectivity index (χ1v) is 49.2. The van der Waals surface area contributed by atoms with E-state index in [4.69, 9.17) is 159 Å². The Kier molecular flexibility index (Phi) is 32.3. The lowest BCUT2D eigenvalue weighted by Gasteiger charge is -2.33. The van der Waals surface area contributed by atoms with Crippen molar-refractivity contribution in [3.63, 3.8) is 0 Å². The molecule has 15 aromatic rings. The van der Waals surface area contributed by atoms with Gasteiger partial charge < -0.3 is 48.3 Å². The number of alkyl halides is 3. The number of nitrogens with zero attached hydrogens (tertiary/aromatic N) is 18. The fraction of sp³-hybridized carbons (Fsp3) is 0.273. The normalized spacial score (nSPS) is 15.3. The van der Waals surface area contributed by atoms with E-state index in [1.807, 2.05) is 41.3 Å². The van der Waals surface area contributed by atoms with E-state index in [-0.39, 0.29) is 11.9 Å². The SMILES string of the molecule is Clc1ccc(-c2nc(N3CCOCC3)sc2-c2ncn[nH]2)c(Cl)c1.[C-]#[N+]c1c(C2CCOCC2)sc(-c2ncn[nH]2)c1-c1ccc(Cl)cc1Cl.[C-]#[N+]c1c(N2CCOCC2)sc(-c2ncc(C(F)(F)F)[nH]2)c1-c1ccc(Cl)cc1Cl.[C-]#[N+]c1c(N2CCOCC2)sc(-c2ncn[nH]2)c1-c1ccc(Br)cc1Cl.[C-]#[N+]c1c(N2CCO[C@@H](CC)C2)sc(-c2ncn[nH]2)c1-c1ccc(Cl)cc1Cl. The number of hydrogen-bond acceptors (Lipinski definition) is 24. The summed E-state index contributed by atoms with van der Waals surface area (Å²) in [4.78, 5) is 57.2. The van der Waals surface area contributed by atoms with Gasteiger partial charge in [0.2, 0.25) is 22.7 Å². The molecule has 0 saturated carbocycles. The summed E-state index contributed by atoms with van der Waals surface area (Å²) in [5.74, 6) is 2.89. The van der Waals surface area contributed by atoms with Crippen LogP contribution in [0.15, 0.2) is 127 Å². The van der Waals surface area contributed by atoms with Crippen LogP contribution in [0.2, 0.25) is 45.2 Å². The predicted molar refractivity (Wildman–Crippen MR) is 533 cm³/mol. The summed E-state index contributed by atoms with van der Waals surface area (Å²) < 4.78 is 67.8. The number of aromatic nitrogens is 15. The predicted octanol–water partition coefficient (Wildman–Crippen LogP) is 26.9. The Balaban J connectivity index is 0.000000122. The number of rotatable bonds is 16. The van der Waals surface area contributed by atoms with Crippen molar-refractivity contribution < 1.29 is 36.9 Å².